The van der Waals surface area contributed by atoms with E-state index in [4.69, 9.17) is 18.0 Å². The van der Waals surface area contributed by atoms with E-state index in [1.807, 2.05) is 6.92 Å². The Labute approximate surface area is 68.4 Å². The Bertz CT molecular complexity index is 122. The largest absolute Gasteiger partial charge is 0.577 e. The first-order chi connectivity index (χ1) is 5.20. The van der Waals surface area contributed by atoms with Crippen molar-refractivity contribution in [3.05, 3.63) is 0 Å². The second-order valence-electron chi connectivity index (χ2n) is 2.69. The third-order valence-electron chi connectivity index (χ3n) is 1.47. The quantitative estimate of drug-likeness (QED) is 0.440. The first-order valence-electron chi connectivity index (χ1n) is 3.42. The lowest BCUT2D eigenvalue weighted by Gasteiger charge is -2.10. The summed E-state index contributed by atoms with van der Waals surface area (Å²) in [6, 6.07) is 0. The molecular formula is C6H13O4Si. The van der Waals surface area contributed by atoms with Crippen LogP contribution in [0.2, 0.25) is 0 Å². The van der Waals surface area contributed by atoms with E-state index in [0.29, 0.717) is 6.61 Å². The van der Waals surface area contributed by atoms with E-state index in [9.17, 15) is 0 Å². The number of ether oxygens (including phenoxy) is 1. The van der Waals surface area contributed by atoms with Crippen LogP contribution in [-0.2, 0) is 18.0 Å². The van der Waals surface area contributed by atoms with Crippen molar-refractivity contribution < 1.29 is 18.0 Å². The fourth-order valence-corrected chi connectivity index (χ4v) is 1.44. The Balaban J connectivity index is 2.09. The van der Waals surface area contributed by atoms with Gasteiger partial charge in [0.2, 0.25) is 0 Å². The van der Waals surface area contributed by atoms with Crippen LogP contribution in [0.25, 0.3) is 0 Å². The van der Waals surface area contributed by atoms with Crippen LogP contribution in [0.3, 0.4) is 0 Å². The predicted octanol–water partition coefficient (Wildman–Crippen LogP) is 0.0696. The van der Waals surface area contributed by atoms with Gasteiger partial charge in [-0.2, -0.15) is 0 Å². The van der Waals surface area contributed by atoms with Gasteiger partial charge >= 0.3 is 9.53 Å². The van der Waals surface area contributed by atoms with Crippen molar-refractivity contribution in [3.63, 3.8) is 0 Å². The Morgan fingerprint density at radius 1 is 1.45 bits per heavy atom. The van der Waals surface area contributed by atoms with Gasteiger partial charge in [-0.3, -0.25) is 0 Å². The number of epoxide rings is 1. The zero-order chi connectivity index (χ0) is 8.32. The molecule has 0 aromatic rings. The Hall–Kier alpha value is 0.0569. The smallest absolute Gasteiger partial charge is 0.375 e. The minimum absolute atomic E-state index is 0.0764. The van der Waals surface area contributed by atoms with Gasteiger partial charge in [-0.25, -0.2) is 0 Å². The Morgan fingerprint density at radius 3 is 2.36 bits per heavy atom. The maximum atomic E-state index is 5.30. The molecule has 65 valence electrons. The van der Waals surface area contributed by atoms with Gasteiger partial charge in [0.1, 0.15) is 5.60 Å². The minimum atomic E-state index is -1.50. The summed E-state index contributed by atoms with van der Waals surface area (Å²) in [5.74, 6) is 0. The van der Waals surface area contributed by atoms with Crippen molar-refractivity contribution in [1.29, 1.82) is 0 Å². The fourth-order valence-electron chi connectivity index (χ4n) is 0.619. The molecule has 0 amide bonds. The highest BCUT2D eigenvalue weighted by Crippen LogP contribution is 2.25. The zero-order valence-electron chi connectivity index (χ0n) is 7.05. The van der Waals surface area contributed by atoms with E-state index in [0.717, 1.165) is 6.61 Å². The monoisotopic (exact) mass is 177 g/mol. The SMILES string of the molecule is CO[Si](OC)OCC1(C)CO1. The van der Waals surface area contributed by atoms with E-state index in [-0.39, 0.29) is 5.60 Å². The summed E-state index contributed by atoms with van der Waals surface area (Å²) in [5.41, 5.74) is -0.0764. The van der Waals surface area contributed by atoms with Crippen LogP contribution < -0.4 is 0 Å². The third kappa shape index (κ3) is 2.88. The van der Waals surface area contributed by atoms with E-state index < -0.39 is 9.53 Å². The van der Waals surface area contributed by atoms with Gasteiger partial charge in [0, 0.05) is 14.2 Å². The molecule has 1 aliphatic heterocycles. The maximum Gasteiger partial charge on any atom is 0.577 e. The van der Waals surface area contributed by atoms with Crippen molar-refractivity contribution >= 4 is 9.53 Å². The lowest BCUT2D eigenvalue weighted by Crippen LogP contribution is -2.29. The van der Waals surface area contributed by atoms with Gasteiger partial charge in [-0.1, -0.05) is 0 Å². The molecule has 1 atom stereocenters. The Morgan fingerprint density at radius 2 is 2.00 bits per heavy atom. The van der Waals surface area contributed by atoms with Crippen LogP contribution in [0.15, 0.2) is 0 Å². The molecule has 1 saturated heterocycles. The topological polar surface area (TPSA) is 40.2 Å². The van der Waals surface area contributed by atoms with Crippen LogP contribution in [0.1, 0.15) is 6.92 Å². The summed E-state index contributed by atoms with van der Waals surface area (Å²) in [4.78, 5) is 0. The van der Waals surface area contributed by atoms with Gasteiger partial charge in [-0.15, -0.1) is 0 Å². The molecule has 1 radical (unpaired) electrons. The number of hydrogen-bond acceptors (Lipinski definition) is 4. The van der Waals surface area contributed by atoms with Crippen LogP contribution in [-0.4, -0.2) is 42.6 Å². The minimum Gasteiger partial charge on any atom is -0.375 e. The van der Waals surface area contributed by atoms with Crippen molar-refractivity contribution in [1.82, 2.24) is 0 Å². The van der Waals surface area contributed by atoms with E-state index in [2.05, 4.69) is 0 Å². The van der Waals surface area contributed by atoms with Gasteiger partial charge in [0.05, 0.1) is 13.2 Å². The maximum absolute atomic E-state index is 5.30. The van der Waals surface area contributed by atoms with E-state index in [1.165, 1.54) is 0 Å². The van der Waals surface area contributed by atoms with Crippen LogP contribution in [0.4, 0.5) is 0 Å². The molecule has 1 aliphatic rings. The molecule has 5 heteroatoms. The normalized spacial score (nSPS) is 29.5. The molecule has 0 saturated carbocycles. The molecule has 0 bridgehead atoms. The molecule has 0 aromatic carbocycles. The number of rotatable bonds is 5. The molecule has 4 nitrogen and oxygen atoms in total. The second-order valence-corrected chi connectivity index (χ2v) is 4.29. The van der Waals surface area contributed by atoms with Gasteiger partial charge < -0.3 is 18.0 Å². The van der Waals surface area contributed by atoms with E-state index >= 15 is 0 Å². The molecule has 0 spiro atoms. The molecule has 0 aromatic heterocycles. The summed E-state index contributed by atoms with van der Waals surface area (Å²) in [6.45, 7) is 3.33. The first-order valence-corrected chi connectivity index (χ1v) is 4.64. The third-order valence-corrected chi connectivity index (χ3v) is 2.51. The molecule has 1 rings (SSSR count). The molecule has 1 heterocycles. The highest BCUT2D eigenvalue weighted by atomic mass is 28.3. The Kier molecular flexibility index (Phi) is 3.03. The predicted molar refractivity (Wildman–Crippen MR) is 40.1 cm³/mol. The molecule has 1 unspecified atom stereocenters. The summed E-state index contributed by atoms with van der Waals surface area (Å²) >= 11 is 0. The van der Waals surface area contributed by atoms with E-state index in [1.54, 1.807) is 14.2 Å². The second kappa shape index (κ2) is 3.64. The fraction of sp³-hybridized carbons (Fsp3) is 1.00. The van der Waals surface area contributed by atoms with Crippen LogP contribution >= 0.6 is 0 Å². The summed E-state index contributed by atoms with van der Waals surface area (Å²) in [7, 11) is 1.66. The number of hydrogen-bond donors (Lipinski definition) is 0. The van der Waals surface area contributed by atoms with Crippen molar-refractivity contribution in [2.75, 3.05) is 27.4 Å². The van der Waals surface area contributed by atoms with Gasteiger partial charge in [-0.05, 0) is 6.92 Å². The average Bonchev–Trinajstić information content (AvgIpc) is 2.71. The van der Waals surface area contributed by atoms with Gasteiger partial charge in [0.25, 0.3) is 0 Å². The molecule has 11 heavy (non-hydrogen) atoms. The average molecular weight is 177 g/mol. The summed E-state index contributed by atoms with van der Waals surface area (Å²) < 4.78 is 20.3. The summed E-state index contributed by atoms with van der Waals surface area (Å²) in [6.07, 6.45) is 0. The standard InChI is InChI=1S/C6H13O4Si/c1-6(4-9-6)5-10-11(7-2)8-3/h4-5H2,1-3H3. The lowest BCUT2D eigenvalue weighted by atomic mass is 10.2. The molecule has 1 fully saturated rings. The molecule has 0 N–H and O–H groups in total. The first kappa shape index (κ1) is 9.15. The summed E-state index contributed by atoms with van der Waals surface area (Å²) in [5, 5.41) is 0. The van der Waals surface area contributed by atoms with Crippen molar-refractivity contribution in [2.45, 2.75) is 12.5 Å². The zero-order valence-corrected chi connectivity index (χ0v) is 8.05. The molecule has 0 aliphatic carbocycles. The van der Waals surface area contributed by atoms with Crippen LogP contribution in [0.5, 0.6) is 0 Å². The lowest BCUT2D eigenvalue weighted by molar-refractivity contribution is 0.105. The molecular weight excluding hydrogens is 164 g/mol. The highest BCUT2D eigenvalue weighted by Gasteiger charge is 2.40. The van der Waals surface area contributed by atoms with Gasteiger partial charge in [0.15, 0.2) is 0 Å². The highest BCUT2D eigenvalue weighted by molar-refractivity contribution is 6.36. The van der Waals surface area contributed by atoms with Crippen molar-refractivity contribution in [3.8, 4) is 0 Å². The van der Waals surface area contributed by atoms with Crippen molar-refractivity contribution in [2.24, 2.45) is 0 Å². The van der Waals surface area contributed by atoms with Crippen LogP contribution in [0, 0.1) is 0 Å².